The van der Waals surface area contributed by atoms with Crippen LogP contribution in [0.1, 0.15) is 6.92 Å². The lowest BCUT2D eigenvalue weighted by molar-refractivity contribution is 0.339. The number of hydrogen-bond acceptors (Lipinski definition) is 1. The molecule has 22 heavy (non-hydrogen) atoms. The average molecular weight is 304 g/mol. The lowest BCUT2D eigenvalue weighted by Crippen LogP contribution is -2.44. The van der Waals surface area contributed by atoms with Crippen LogP contribution in [0.4, 0.5) is 0 Å². The molecule has 0 saturated carbocycles. The molecule has 0 aliphatic carbocycles. The van der Waals surface area contributed by atoms with Crippen molar-refractivity contribution >= 4 is 45.8 Å². The Hall–Kier alpha value is -1.90. The van der Waals surface area contributed by atoms with E-state index in [0.29, 0.717) is 0 Å². The first-order valence-corrected chi connectivity index (χ1v) is 10.8. The van der Waals surface area contributed by atoms with Gasteiger partial charge in [0.15, 0.2) is 0 Å². The Kier molecular flexibility index (Phi) is 3.00. The Morgan fingerprint density at radius 1 is 0.773 bits per heavy atom. The van der Waals surface area contributed by atoms with Crippen LogP contribution in [0.15, 0.2) is 54.6 Å². The third-order valence-electron chi connectivity index (χ3n) is 4.66. The van der Waals surface area contributed by atoms with Gasteiger partial charge in [0.25, 0.3) is 0 Å². The summed E-state index contributed by atoms with van der Waals surface area (Å²) >= 11 is 0. The summed E-state index contributed by atoms with van der Waals surface area (Å²) in [6.07, 6.45) is 0. The van der Waals surface area contributed by atoms with Gasteiger partial charge in [-0.05, 0) is 57.5 Å². The summed E-state index contributed by atoms with van der Waals surface area (Å²) in [6.45, 7) is 7.43. The summed E-state index contributed by atoms with van der Waals surface area (Å²) < 4.78 is 6.08. The molecule has 4 aromatic carbocycles. The molecule has 110 valence electrons. The minimum Gasteiger partial charge on any atom is -0.413 e. The third-order valence-corrected chi connectivity index (χ3v) is 7.35. The zero-order valence-electron chi connectivity index (χ0n) is 13.3. The molecule has 4 aromatic rings. The van der Waals surface area contributed by atoms with Crippen LogP contribution in [0.25, 0.3) is 32.3 Å². The lowest BCUT2D eigenvalue weighted by Gasteiger charge is -2.24. The zero-order valence-corrected chi connectivity index (χ0v) is 14.3. The maximum Gasteiger partial charge on any atom is 0.218 e. The van der Waals surface area contributed by atoms with Crippen LogP contribution >= 0.6 is 0 Å². The van der Waals surface area contributed by atoms with E-state index in [2.05, 4.69) is 74.6 Å². The van der Waals surface area contributed by atoms with Crippen LogP contribution in [0.3, 0.4) is 0 Å². The van der Waals surface area contributed by atoms with Gasteiger partial charge in [-0.1, -0.05) is 54.6 Å². The lowest BCUT2D eigenvalue weighted by atomic mass is 9.94. The Morgan fingerprint density at radius 3 is 1.82 bits per heavy atom. The zero-order chi connectivity index (χ0) is 15.3. The fourth-order valence-corrected chi connectivity index (χ4v) is 5.44. The van der Waals surface area contributed by atoms with Crippen LogP contribution in [0, 0.1) is 0 Å². The molecule has 0 aromatic heterocycles. The van der Waals surface area contributed by atoms with Crippen molar-refractivity contribution in [3.63, 3.8) is 0 Å². The molecule has 0 N–H and O–H groups in total. The molecule has 0 heterocycles. The van der Waals surface area contributed by atoms with E-state index in [-0.39, 0.29) is 0 Å². The highest BCUT2D eigenvalue weighted by Gasteiger charge is 2.25. The topological polar surface area (TPSA) is 9.23 Å². The van der Waals surface area contributed by atoms with E-state index >= 15 is 0 Å². The minimum absolute atomic E-state index is 0.782. The first-order valence-electron chi connectivity index (χ1n) is 7.92. The van der Waals surface area contributed by atoms with E-state index < -0.39 is 8.32 Å². The van der Waals surface area contributed by atoms with Crippen molar-refractivity contribution in [3.05, 3.63) is 54.6 Å². The molecule has 0 aliphatic heterocycles. The third kappa shape index (κ3) is 1.95. The van der Waals surface area contributed by atoms with E-state index in [9.17, 15) is 0 Å². The fraction of sp³-hybridized carbons (Fsp3) is 0.200. The van der Waals surface area contributed by atoms with Gasteiger partial charge >= 0.3 is 0 Å². The largest absolute Gasteiger partial charge is 0.413 e. The van der Waals surface area contributed by atoms with Crippen molar-refractivity contribution in [2.75, 3.05) is 6.61 Å². The molecule has 0 aliphatic rings. The maximum absolute atomic E-state index is 6.08. The maximum atomic E-state index is 6.08. The monoisotopic (exact) mass is 304 g/mol. The van der Waals surface area contributed by atoms with Gasteiger partial charge < -0.3 is 4.43 Å². The molecule has 0 amide bonds. The number of rotatable bonds is 3. The highest BCUT2D eigenvalue weighted by molar-refractivity contribution is 6.84. The second-order valence-electron chi connectivity index (χ2n) is 6.45. The van der Waals surface area contributed by atoms with Gasteiger partial charge in [-0.25, -0.2) is 0 Å². The minimum atomic E-state index is -1.83. The van der Waals surface area contributed by atoms with Crippen LogP contribution in [0.2, 0.25) is 13.1 Å². The predicted octanol–water partition coefficient (Wildman–Crippen LogP) is 5.03. The van der Waals surface area contributed by atoms with Gasteiger partial charge in [0.1, 0.15) is 0 Å². The van der Waals surface area contributed by atoms with Gasteiger partial charge in [0.2, 0.25) is 8.32 Å². The van der Waals surface area contributed by atoms with E-state index in [1.54, 1.807) is 0 Å². The highest BCUT2D eigenvalue weighted by Crippen LogP contribution is 2.34. The van der Waals surface area contributed by atoms with Crippen LogP contribution in [0.5, 0.6) is 0 Å². The summed E-state index contributed by atoms with van der Waals surface area (Å²) in [6, 6.07) is 20.2. The molecule has 0 fully saturated rings. The summed E-state index contributed by atoms with van der Waals surface area (Å²) in [5.74, 6) is 0. The standard InChI is InChI=1S/C20H20OSi/c1-4-21-22(2,3)18-12-16-10-8-14-6-5-7-15-9-11-17(13-18)20(16)19(14)15/h5-13H,4H2,1-3H3. The molecule has 1 nitrogen and oxygen atoms in total. The van der Waals surface area contributed by atoms with Crippen LogP contribution in [-0.2, 0) is 4.43 Å². The van der Waals surface area contributed by atoms with Gasteiger partial charge in [-0.3, -0.25) is 0 Å². The molecule has 0 saturated heterocycles. The summed E-state index contributed by atoms with van der Waals surface area (Å²) in [7, 11) is -1.83. The van der Waals surface area contributed by atoms with E-state index in [1.807, 2.05) is 0 Å². The van der Waals surface area contributed by atoms with Gasteiger partial charge in [-0.15, -0.1) is 0 Å². The molecule has 0 atom stereocenters. The van der Waals surface area contributed by atoms with Crippen molar-refractivity contribution in [1.82, 2.24) is 0 Å². The van der Waals surface area contributed by atoms with E-state index in [1.165, 1.54) is 37.5 Å². The Balaban J connectivity index is 2.10. The quantitative estimate of drug-likeness (QED) is 0.381. The molecule has 4 rings (SSSR count). The summed E-state index contributed by atoms with van der Waals surface area (Å²) in [5.41, 5.74) is 0. The van der Waals surface area contributed by atoms with Crippen LogP contribution < -0.4 is 5.19 Å². The highest BCUT2D eigenvalue weighted by atomic mass is 28.4. The molecule has 0 radical (unpaired) electrons. The predicted molar refractivity (Wildman–Crippen MR) is 98.9 cm³/mol. The van der Waals surface area contributed by atoms with Crippen LogP contribution in [-0.4, -0.2) is 14.9 Å². The van der Waals surface area contributed by atoms with Crippen molar-refractivity contribution in [2.24, 2.45) is 0 Å². The Labute approximate surface area is 132 Å². The van der Waals surface area contributed by atoms with Gasteiger partial charge in [-0.2, -0.15) is 0 Å². The Morgan fingerprint density at radius 2 is 1.27 bits per heavy atom. The van der Waals surface area contributed by atoms with E-state index in [4.69, 9.17) is 4.43 Å². The molecular weight excluding hydrogens is 284 g/mol. The van der Waals surface area contributed by atoms with Crippen molar-refractivity contribution < 1.29 is 4.43 Å². The van der Waals surface area contributed by atoms with Crippen molar-refractivity contribution in [3.8, 4) is 0 Å². The average Bonchev–Trinajstić information content (AvgIpc) is 2.52. The molecular formula is C20H20OSi. The second-order valence-corrected chi connectivity index (χ2v) is 10.3. The molecule has 0 bridgehead atoms. The normalized spacial score (nSPS) is 12.7. The second kappa shape index (κ2) is 4.80. The first-order chi connectivity index (χ1) is 10.6. The van der Waals surface area contributed by atoms with Crippen molar-refractivity contribution in [1.29, 1.82) is 0 Å². The SMILES string of the molecule is CCO[Si](C)(C)c1cc2ccc3cccc4ccc(c1)c2c34. The van der Waals surface area contributed by atoms with E-state index in [0.717, 1.165) is 6.61 Å². The molecule has 0 spiro atoms. The molecule has 2 heteroatoms. The first kappa shape index (κ1) is 13.7. The summed E-state index contributed by atoms with van der Waals surface area (Å²) in [4.78, 5) is 0. The smallest absolute Gasteiger partial charge is 0.218 e. The number of hydrogen-bond donors (Lipinski definition) is 0. The Bertz CT molecular complexity index is 908. The molecule has 0 unspecified atom stereocenters. The fourth-order valence-electron chi connectivity index (χ4n) is 3.55. The number of benzene rings is 4. The van der Waals surface area contributed by atoms with Crippen molar-refractivity contribution in [2.45, 2.75) is 20.0 Å². The van der Waals surface area contributed by atoms with Gasteiger partial charge in [0, 0.05) is 6.61 Å². The summed E-state index contributed by atoms with van der Waals surface area (Å²) in [5, 5.41) is 9.46. The van der Waals surface area contributed by atoms with Gasteiger partial charge in [0.05, 0.1) is 0 Å².